The average molecular weight is 373 g/mol. The maximum atomic E-state index is 13.4. The summed E-state index contributed by atoms with van der Waals surface area (Å²) >= 11 is 11.7. The Bertz CT molecular complexity index is 770. The van der Waals surface area contributed by atoms with Crippen LogP contribution in [-0.4, -0.2) is 12.1 Å². The summed E-state index contributed by atoms with van der Waals surface area (Å²) in [7, 11) is 0. The number of oxime groups is 1. The van der Waals surface area contributed by atoms with Crippen molar-refractivity contribution in [3.8, 4) is 0 Å². The molecule has 0 radical (unpaired) electrons. The van der Waals surface area contributed by atoms with Gasteiger partial charge in [-0.05, 0) is 24.3 Å². The van der Waals surface area contributed by atoms with Gasteiger partial charge in [0.2, 0.25) is 5.91 Å². The fraction of sp³-hybridized carbons (Fsp3) is 0.125. The fourth-order valence-corrected chi connectivity index (χ4v) is 2.17. The lowest BCUT2D eigenvalue weighted by Gasteiger charge is -2.05. The maximum Gasteiger partial charge on any atom is 0.229 e. The van der Waals surface area contributed by atoms with Gasteiger partial charge in [0.1, 0.15) is 18.2 Å². The molecule has 0 saturated heterocycles. The van der Waals surface area contributed by atoms with Crippen molar-refractivity contribution in [1.82, 2.24) is 0 Å². The number of hydrogen-bond donors (Lipinski definition) is 1. The number of carbonyl (C=O) groups is 1. The van der Waals surface area contributed by atoms with Gasteiger partial charge in [0.25, 0.3) is 0 Å². The van der Waals surface area contributed by atoms with Crippen LogP contribution in [-0.2, 0) is 16.2 Å². The van der Waals surface area contributed by atoms with Crippen LogP contribution in [0, 0.1) is 11.6 Å². The number of nitrogens with one attached hydrogen (secondary N) is 1. The Morgan fingerprint density at radius 3 is 2.71 bits per heavy atom. The van der Waals surface area contributed by atoms with Crippen molar-refractivity contribution in [2.45, 2.75) is 13.0 Å². The summed E-state index contributed by atoms with van der Waals surface area (Å²) in [6.45, 7) is 0.112. The quantitative estimate of drug-likeness (QED) is 0.584. The van der Waals surface area contributed by atoms with Crippen LogP contribution in [0.25, 0.3) is 0 Å². The minimum Gasteiger partial charge on any atom is -0.391 e. The molecule has 4 nitrogen and oxygen atoms in total. The van der Waals surface area contributed by atoms with Crippen molar-refractivity contribution in [1.29, 1.82) is 0 Å². The molecule has 0 spiro atoms. The lowest BCUT2D eigenvalue weighted by atomic mass is 10.2. The summed E-state index contributed by atoms with van der Waals surface area (Å²) in [5.41, 5.74) is 0.583. The van der Waals surface area contributed by atoms with E-state index in [0.29, 0.717) is 21.7 Å². The van der Waals surface area contributed by atoms with E-state index in [4.69, 9.17) is 28.0 Å². The van der Waals surface area contributed by atoms with Crippen LogP contribution in [0.2, 0.25) is 10.0 Å². The topological polar surface area (TPSA) is 50.7 Å². The summed E-state index contributed by atoms with van der Waals surface area (Å²) in [6.07, 6.45) is 1.09. The lowest BCUT2D eigenvalue weighted by Crippen LogP contribution is -2.13. The van der Waals surface area contributed by atoms with Gasteiger partial charge < -0.3 is 10.2 Å². The first-order chi connectivity index (χ1) is 11.5. The third-order valence-electron chi connectivity index (χ3n) is 2.87. The molecule has 2 rings (SSSR count). The second-order valence-electron chi connectivity index (χ2n) is 4.67. The molecule has 0 unspecified atom stereocenters. The molecule has 8 heteroatoms. The second kappa shape index (κ2) is 8.61. The van der Waals surface area contributed by atoms with E-state index in [1.807, 2.05) is 0 Å². The summed E-state index contributed by atoms with van der Waals surface area (Å²) in [5, 5.41) is 6.87. The molecule has 126 valence electrons. The molecular formula is C16H12Cl2F2N2O2. The van der Waals surface area contributed by atoms with Crippen molar-refractivity contribution < 1.29 is 18.4 Å². The third-order valence-corrected chi connectivity index (χ3v) is 3.45. The Hall–Kier alpha value is -2.18. The minimum atomic E-state index is -0.853. The molecule has 0 aromatic heterocycles. The number of anilines is 1. The summed E-state index contributed by atoms with van der Waals surface area (Å²) in [4.78, 5) is 16.6. The highest BCUT2D eigenvalue weighted by Gasteiger charge is 2.07. The molecule has 0 saturated carbocycles. The van der Waals surface area contributed by atoms with E-state index in [1.165, 1.54) is 6.21 Å². The molecular weight excluding hydrogens is 361 g/mol. The first-order valence-electron chi connectivity index (χ1n) is 6.78. The average Bonchev–Trinajstić information content (AvgIpc) is 2.51. The van der Waals surface area contributed by atoms with Gasteiger partial charge in [-0.1, -0.05) is 34.4 Å². The van der Waals surface area contributed by atoms with Gasteiger partial charge in [0.15, 0.2) is 0 Å². The SMILES string of the molecule is O=C(C/C=N\OCc1ccc(Cl)cc1Cl)Nc1ccc(F)cc1F. The Labute approximate surface area is 147 Å². The van der Waals surface area contributed by atoms with Crippen LogP contribution >= 0.6 is 23.2 Å². The number of hydrogen-bond acceptors (Lipinski definition) is 3. The minimum absolute atomic E-state index is 0.108. The van der Waals surface area contributed by atoms with E-state index in [0.717, 1.165) is 12.1 Å². The zero-order valence-corrected chi connectivity index (χ0v) is 13.7. The van der Waals surface area contributed by atoms with E-state index in [-0.39, 0.29) is 18.7 Å². The molecule has 2 aromatic rings. The van der Waals surface area contributed by atoms with Crippen LogP contribution < -0.4 is 5.32 Å². The van der Waals surface area contributed by atoms with E-state index in [9.17, 15) is 13.6 Å². The van der Waals surface area contributed by atoms with Crippen LogP contribution in [0.15, 0.2) is 41.6 Å². The number of rotatable bonds is 6. The highest BCUT2D eigenvalue weighted by atomic mass is 35.5. The van der Waals surface area contributed by atoms with Crippen molar-refractivity contribution in [3.63, 3.8) is 0 Å². The Balaban J connectivity index is 1.78. The Morgan fingerprint density at radius 2 is 2.00 bits per heavy atom. The summed E-state index contributed by atoms with van der Waals surface area (Å²) < 4.78 is 26.1. The van der Waals surface area contributed by atoms with Gasteiger partial charge in [0.05, 0.1) is 18.3 Å². The molecule has 0 fully saturated rings. The summed E-state index contributed by atoms with van der Waals surface area (Å²) in [5.74, 6) is -2.09. The van der Waals surface area contributed by atoms with E-state index < -0.39 is 17.5 Å². The first-order valence-corrected chi connectivity index (χ1v) is 7.54. The summed E-state index contributed by atoms with van der Waals surface area (Å²) in [6, 6.07) is 7.81. The van der Waals surface area contributed by atoms with Gasteiger partial charge in [-0.25, -0.2) is 8.78 Å². The predicted molar refractivity (Wildman–Crippen MR) is 89.3 cm³/mol. The highest BCUT2D eigenvalue weighted by Crippen LogP contribution is 2.21. The highest BCUT2D eigenvalue weighted by molar-refractivity contribution is 6.35. The molecule has 0 bridgehead atoms. The van der Waals surface area contributed by atoms with Crippen LogP contribution in [0.4, 0.5) is 14.5 Å². The fourth-order valence-electron chi connectivity index (χ4n) is 1.71. The zero-order valence-electron chi connectivity index (χ0n) is 12.2. The van der Waals surface area contributed by atoms with Crippen LogP contribution in [0.3, 0.4) is 0 Å². The second-order valence-corrected chi connectivity index (χ2v) is 5.52. The van der Waals surface area contributed by atoms with Crippen molar-refractivity contribution in [2.24, 2.45) is 5.16 Å². The Kier molecular flexibility index (Phi) is 6.52. The van der Waals surface area contributed by atoms with Gasteiger partial charge in [-0.3, -0.25) is 4.79 Å². The van der Waals surface area contributed by atoms with Crippen LogP contribution in [0.5, 0.6) is 0 Å². The molecule has 0 atom stereocenters. The third kappa shape index (κ3) is 5.47. The van der Waals surface area contributed by atoms with Crippen molar-refractivity contribution in [3.05, 3.63) is 63.6 Å². The standard InChI is InChI=1S/C16H12Cl2F2N2O2/c17-11-2-1-10(13(18)7-11)9-24-21-6-5-16(23)22-15-4-3-12(19)8-14(15)20/h1-4,6-8H,5,9H2,(H,22,23)/b21-6-. The molecule has 0 aliphatic rings. The normalized spacial score (nSPS) is 10.8. The number of carbonyl (C=O) groups excluding carboxylic acids is 1. The first kappa shape index (κ1) is 18.2. The number of benzene rings is 2. The van der Waals surface area contributed by atoms with Crippen LogP contribution in [0.1, 0.15) is 12.0 Å². The maximum absolute atomic E-state index is 13.4. The van der Waals surface area contributed by atoms with Gasteiger partial charge in [-0.2, -0.15) is 0 Å². The number of nitrogens with zero attached hydrogens (tertiary/aromatic N) is 1. The van der Waals surface area contributed by atoms with Crippen molar-refractivity contribution >= 4 is 41.0 Å². The zero-order chi connectivity index (χ0) is 17.5. The molecule has 2 aromatic carbocycles. The van der Waals surface area contributed by atoms with Gasteiger partial charge in [-0.15, -0.1) is 0 Å². The van der Waals surface area contributed by atoms with E-state index in [1.54, 1.807) is 18.2 Å². The van der Waals surface area contributed by atoms with Gasteiger partial charge >= 0.3 is 0 Å². The molecule has 1 N–H and O–H groups in total. The van der Waals surface area contributed by atoms with E-state index in [2.05, 4.69) is 10.5 Å². The van der Waals surface area contributed by atoms with Gasteiger partial charge in [0, 0.05) is 21.7 Å². The molecule has 1 amide bonds. The smallest absolute Gasteiger partial charge is 0.229 e. The molecule has 0 aliphatic heterocycles. The molecule has 24 heavy (non-hydrogen) atoms. The predicted octanol–water partition coefficient (Wildman–Crippen LogP) is 4.80. The van der Waals surface area contributed by atoms with E-state index >= 15 is 0 Å². The molecule has 0 heterocycles. The monoisotopic (exact) mass is 372 g/mol. The number of amides is 1. The van der Waals surface area contributed by atoms with Crippen molar-refractivity contribution in [2.75, 3.05) is 5.32 Å². The molecule has 0 aliphatic carbocycles. The number of halogens is 4. The Morgan fingerprint density at radius 1 is 1.21 bits per heavy atom. The lowest BCUT2D eigenvalue weighted by molar-refractivity contribution is -0.115. The largest absolute Gasteiger partial charge is 0.391 e.